The van der Waals surface area contributed by atoms with Crippen molar-refractivity contribution in [1.82, 2.24) is 10.2 Å². The van der Waals surface area contributed by atoms with Crippen LogP contribution in [0.15, 0.2) is 30.3 Å². The van der Waals surface area contributed by atoms with E-state index in [9.17, 15) is 0 Å². The van der Waals surface area contributed by atoms with Gasteiger partial charge in [0.25, 0.3) is 0 Å². The van der Waals surface area contributed by atoms with Crippen molar-refractivity contribution < 1.29 is 0 Å². The van der Waals surface area contributed by atoms with E-state index in [1.165, 1.54) is 57.3 Å². The minimum Gasteiger partial charge on any atom is -0.313 e. The van der Waals surface area contributed by atoms with E-state index in [1.807, 2.05) is 0 Å². The van der Waals surface area contributed by atoms with Crippen LogP contribution in [-0.4, -0.2) is 30.6 Å². The number of nitrogens with zero attached hydrogens (tertiary/aromatic N) is 1. The second kappa shape index (κ2) is 9.22. The lowest BCUT2D eigenvalue weighted by Crippen LogP contribution is -2.45. The fourth-order valence-electron chi connectivity index (χ4n) is 3.19. The normalized spacial score (nSPS) is 20.0. The van der Waals surface area contributed by atoms with Crippen molar-refractivity contribution in [3.8, 4) is 0 Å². The predicted molar refractivity (Wildman–Crippen MR) is 91.4 cm³/mol. The van der Waals surface area contributed by atoms with Gasteiger partial charge in [-0.25, -0.2) is 0 Å². The average molecular weight is 288 g/mol. The van der Waals surface area contributed by atoms with Crippen LogP contribution in [0.3, 0.4) is 0 Å². The Hall–Kier alpha value is -0.860. The van der Waals surface area contributed by atoms with E-state index < -0.39 is 0 Å². The van der Waals surface area contributed by atoms with Crippen LogP contribution in [0.25, 0.3) is 0 Å². The summed E-state index contributed by atoms with van der Waals surface area (Å²) in [6.07, 6.45) is 6.73. The van der Waals surface area contributed by atoms with Gasteiger partial charge in [0.15, 0.2) is 0 Å². The predicted octanol–water partition coefficient (Wildman–Crippen LogP) is 4.07. The lowest BCUT2D eigenvalue weighted by atomic mass is 10.0. The van der Waals surface area contributed by atoms with E-state index in [4.69, 9.17) is 0 Å². The van der Waals surface area contributed by atoms with Crippen LogP contribution < -0.4 is 5.32 Å². The number of piperidine rings is 1. The Labute approximate surface area is 130 Å². The summed E-state index contributed by atoms with van der Waals surface area (Å²) in [5.74, 6) is 0.848. The van der Waals surface area contributed by atoms with Crippen LogP contribution in [0.4, 0.5) is 0 Å². The lowest BCUT2D eigenvalue weighted by molar-refractivity contribution is 0.183. The zero-order valence-corrected chi connectivity index (χ0v) is 13.9. The molecular weight excluding hydrogens is 256 g/mol. The summed E-state index contributed by atoms with van der Waals surface area (Å²) in [6, 6.07) is 11.6. The topological polar surface area (TPSA) is 15.3 Å². The van der Waals surface area contributed by atoms with Crippen LogP contribution in [0.2, 0.25) is 0 Å². The molecule has 118 valence electrons. The standard InChI is InChI=1S/C19H32N2/c1-17(2)9-6-7-13-20-19-12-8-14-21(16-19)15-18-10-4-3-5-11-18/h3-5,10-11,17,19-20H,6-9,12-16H2,1-2H3. The van der Waals surface area contributed by atoms with Gasteiger partial charge < -0.3 is 5.32 Å². The van der Waals surface area contributed by atoms with Crippen LogP contribution in [-0.2, 0) is 6.54 Å². The van der Waals surface area contributed by atoms with Crippen molar-refractivity contribution >= 4 is 0 Å². The first-order valence-electron chi connectivity index (χ1n) is 8.73. The molecule has 2 nitrogen and oxygen atoms in total. The Morgan fingerprint density at radius 1 is 1.19 bits per heavy atom. The summed E-state index contributed by atoms with van der Waals surface area (Å²) in [4.78, 5) is 2.60. The van der Waals surface area contributed by atoms with Crippen molar-refractivity contribution in [2.24, 2.45) is 5.92 Å². The molecule has 0 aromatic heterocycles. The maximum Gasteiger partial charge on any atom is 0.0234 e. The van der Waals surface area contributed by atoms with Crippen molar-refractivity contribution in [3.05, 3.63) is 35.9 Å². The molecule has 0 aliphatic carbocycles. The molecule has 1 aromatic rings. The van der Waals surface area contributed by atoms with Crippen LogP contribution >= 0.6 is 0 Å². The SMILES string of the molecule is CC(C)CCCCNC1CCCN(Cc2ccccc2)C1. The van der Waals surface area contributed by atoms with Crippen molar-refractivity contribution in [3.63, 3.8) is 0 Å². The molecule has 0 saturated carbocycles. The van der Waals surface area contributed by atoms with Crippen LogP contribution in [0.5, 0.6) is 0 Å². The van der Waals surface area contributed by atoms with Gasteiger partial charge in [-0.15, -0.1) is 0 Å². The van der Waals surface area contributed by atoms with Gasteiger partial charge in [0, 0.05) is 19.1 Å². The van der Waals surface area contributed by atoms with Gasteiger partial charge >= 0.3 is 0 Å². The summed E-state index contributed by atoms with van der Waals surface area (Å²) in [6.45, 7) is 9.38. The Balaban J connectivity index is 1.64. The summed E-state index contributed by atoms with van der Waals surface area (Å²) in [5, 5.41) is 3.77. The molecule has 2 heteroatoms. The highest BCUT2D eigenvalue weighted by molar-refractivity contribution is 5.14. The van der Waals surface area contributed by atoms with Gasteiger partial charge in [-0.3, -0.25) is 4.90 Å². The molecule has 1 N–H and O–H groups in total. The number of hydrogen-bond donors (Lipinski definition) is 1. The van der Waals surface area contributed by atoms with Crippen LogP contribution in [0.1, 0.15) is 51.5 Å². The van der Waals surface area contributed by atoms with Crippen molar-refractivity contribution in [2.75, 3.05) is 19.6 Å². The minimum atomic E-state index is 0.696. The molecule has 1 atom stereocenters. The lowest BCUT2D eigenvalue weighted by Gasteiger charge is -2.33. The second-order valence-electron chi connectivity index (χ2n) is 6.90. The first-order valence-corrected chi connectivity index (χ1v) is 8.73. The van der Waals surface area contributed by atoms with Gasteiger partial charge in [0.05, 0.1) is 0 Å². The monoisotopic (exact) mass is 288 g/mol. The smallest absolute Gasteiger partial charge is 0.0234 e. The number of likely N-dealkylation sites (tertiary alicyclic amines) is 1. The maximum atomic E-state index is 3.77. The molecule has 1 fully saturated rings. The molecule has 0 spiro atoms. The van der Waals surface area contributed by atoms with E-state index in [1.54, 1.807) is 0 Å². The van der Waals surface area contributed by atoms with Crippen molar-refractivity contribution in [2.45, 2.75) is 58.5 Å². The summed E-state index contributed by atoms with van der Waals surface area (Å²) < 4.78 is 0. The van der Waals surface area contributed by atoms with E-state index >= 15 is 0 Å². The fraction of sp³-hybridized carbons (Fsp3) is 0.684. The van der Waals surface area contributed by atoms with E-state index in [2.05, 4.69) is 54.4 Å². The van der Waals surface area contributed by atoms with Crippen LogP contribution in [0, 0.1) is 5.92 Å². The zero-order valence-electron chi connectivity index (χ0n) is 13.9. The largest absolute Gasteiger partial charge is 0.313 e. The molecule has 1 aliphatic rings. The molecule has 1 heterocycles. The van der Waals surface area contributed by atoms with Gasteiger partial charge in [-0.2, -0.15) is 0 Å². The van der Waals surface area contributed by atoms with E-state index in [0.29, 0.717) is 6.04 Å². The zero-order chi connectivity index (χ0) is 14.9. The first-order chi connectivity index (χ1) is 10.2. The Bertz CT molecular complexity index is 374. The molecule has 1 unspecified atom stereocenters. The third-order valence-electron chi connectivity index (χ3n) is 4.40. The van der Waals surface area contributed by atoms with Gasteiger partial charge in [0.2, 0.25) is 0 Å². The average Bonchev–Trinajstić information content (AvgIpc) is 2.48. The quantitative estimate of drug-likeness (QED) is 0.726. The van der Waals surface area contributed by atoms with E-state index in [0.717, 1.165) is 12.5 Å². The third kappa shape index (κ3) is 6.62. The number of hydrogen-bond acceptors (Lipinski definition) is 2. The molecule has 0 bridgehead atoms. The molecule has 1 saturated heterocycles. The molecule has 0 amide bonds. The Kier molecular flexibility index (Phi) is 7.25. The van der Waals surface area contributed by atoms with E-state index in [-0.39, 0.29) is 0 Å². The van der Waals surface area contributed by atoms with Crippen molar-refractivity contribution in [1.29, 1.82) is 0 Å². The highest BCUT2D eigenvalue weighted by atomic mass is 15.2. The number of unbranched alkanes of at least 4 members (excludes halogenated alkanes) is 1. The highest BCUT2D eigenvalue weighted by Crippen LogP contribution is 2.14. The summed E-state index contributed by atoms with van der Waals surface area (Å²) in [5.41, 5.74) is 1.44. The Morgan fingerprint density at radius 2 is 2.00 bits per heavy atom. The highest BCUT2D eigenvalue weighted by Gasteiger charge is 2.19. The molecule has 2 rings (SSSR count). The minimum absolute atomic E-state index is 0.696. The summed E-state index contributed by atoms with van der Waals surface area (Å²) >= 11 is 0. The number of benzene rings is 1. The summed E-state index contributed by atoms with van der Waals surface area (Å²) in [7, 11) is 0. The second-order valence-corrected chi connectivity index (χ2v) is 6.90. The number of rotatable bonds is 8. The first kappa shape index (κ1) is 16.5. The van der Waals surface area contributed by atoms with Gasteiger partial charge in [-0.05, 0) is 43.8 Å². The van der Waals surface area contributed by atoms with Gasteiger partial charge in [0.1, 0.15) is 0 Å². The molecular formula is C19H32N2. The molecule has 1 aliphatic heterocycles. The molecule has 1 aromatic carbocycles. The Morgan fingerprint density at radius 3 is 2.76 bits per heavy atom. The molecule has 21 heavy (non-hydrogen) atoms. The fourth-order valence-corrected chi connectivity index (χ4v) is 3.19. The number of nitrogens with one attached hydrogen (secondary N) is 1. The molecule has 0 radical (unpaired) electrons. The van der Waals surface area contributed by atoms with Gasteiger partial charge in [-0.1, -0.05) is 57.0 Å². The maximum absolute atomic E-state index is 3.77. The third-order valence-corrected chi connectivity index (χ3v) is 4.40.